The van der Waals surface area contributed by atoms with Gasteiger partial charge in [0.1, 0.15) is 5.76 Å². The molecule has 4 aromatic carbocycles. The lowest BCUT2D eigenvalue weighted by Crippen LogP contribution is -2.26. The summed E-state index contributed by atoms with van der Waals surface area (Å²) >= 11 is 0. The third-order valence-corrected chi connectivity index (χ3v) is 13.8. The Kier molecular flexibility index (Phi) is 18.2. The SMILES string of the molecule is CCCCOc1cc2c(c(OCCCC)c1OCCCC)C1C=C(C(=O)/C=C(\OB(F)F)C3=CC4c5c(cc(OCCCC)c(OCCCC)c5OCCCC)-c5ccccc5C4N3)NC1c1ccccc1-2. The molecule has 2 aliphatic heterocycles. The van der Waals surface area contributed by atoms with Gasteiger partial charge in [-0.1, -0.05) is 129 Å². The zero-order chi connectivity index (χ0) is 50.6. The van der Waals surface area contributed by atoms with Crippen molar-refractivity contribution in [3.8, 4) is 56.8 Å². The van der Waals surface area contributed by atoms with Crippen molar-refractivity contribution in [2.75, 3.05) is 39.6 Å². The van der Waals surface area contributed by atoms with E-state index in [1.807, 2.05) is 42.5 Å². The molecule has 0 saturated heterocycles. The number of rotatable bonds is 29. The maximum atomic E-state index is 14.8. The second-order valence-electron chi connectivity index (χ2n) is 19.1. The molecule has 2 heterocycles. The number of ether oxygens (including phenoxy) is 6. The van der Waals surface area contributed by atoms with Crippen LogP contribution in [0, 0.1) is 0 Å². The van der Waals surface area contributed by atoms with Gasteiger partial charge in [-0.15, -0.1) is 0 Å². The Bertz CT molecular complexity index is 2610. The van der Waals surface area contributed by atoms with Crippen molar-refractivity contribution in [2.45, 2.75) is 143 Å². The fraction of sp³-hybridized carbons (Fsp3) is 0.475. The van der Waals surface area contributed by atoms with Crippen LogP contribution in [0.2, 0.25) is 0 Å². The zero-order valence-corrected chi connectivity index (χ0v) is 43.1. The van der Waals surface area contributed by atoms with E-state index in [-0.39, 0.29) is 29.1 Å². The Hall–Kier alpha value is -6.11. The summed E-state index contributed by atoms with van der Waals surface area (Å²) in [7, 11) is -3.21. The van der Waals surface area contributed by atoms with E-state index in [2.05, 4.69) is 82.5 Å². The minimum Gasteiger partial charge on any atom is -0.503 e. The van der Waals surface area contributed by atoms with Crippen molar-refractivity contribution in [3.63, 3.8) is 0 Å². The lowest BCUT2D eigenvalue weighted by atomic mass is 9.75. The highest BCUT2D eigenvalue weighted by molar-refractivity contribution is 6.35. The molecule has 10 nitrogen and oxygen atoms in total. The minimum absolute atomic E-state index is 0.265. The molecule has 2 aliphatic carbocycles. The smallest absolute Gasteiger partial charge is 0.503 e. The first-order valence-corrected chi connectivity index (χ1v) is 26.8. The molecular formula is C59H73BF2N2O8. The molecule has 0 spiro atoms. The summed E-state index contributed by atoms with van der Waals surface area (Å²) in [4.78, 5) is 14.8. The zero-order valence-electron chi connectivity index (χ0n) is 43.1. The van der Waals surface area contributed by atoms with Crippen molar-refractivity contribution in [3.05, 3.63) is 118 Å². The molecule has 0 radical (unpaired) electrons. The standard InChI is InChI=1S/C59H73BF2N2O8/c1-7-13-27-66-50-35-42-38-23-19-21-25-40(38)54-44(52(42)58(70-31-17-11-5)56(50)68-29-15-9-3)33-46(63-54)48(65)37-49(72-60(61)62)47-34-45-53-43(39-24-20-22-26-41(39)55(45)64-47)36-51(67-28-14-8-2)57(69-30-16-10-4)59(53)71-32-18-12-6/h19-26,33-37,44-45,54-55,63-64H,7-18,27-32H2,1-6H3/b49-37-. The fourth-order valence-corrected chi connectivity index (χ4v) is 10.1. The van der Waals surface area contributed by atoms with E-state index in [0.29, 0.717) is 74.1 Å². The van der Waals surface area contributed by atoms with Crippen molar-refractivity contribution in [1.82, 2.24) is 10.6 Å². The first-order chi connectivity index (χ1) is 35.3. The van der Waals surface area contributed by atoms with Crippen LogP contribution in [0.3, 0.4) is 0 Å². The topological polar surface area (TPSA) is 106 Å². The summed E-state index contributed by atoms with van der Waals surface area (Å²) in [5.41, 5.74) is 8.08. The Morgan fingerprint density at radius 1 is 0.514 bits per heavy atom. The lowest BCUT2D eigenvalue weighted by Gasteiger charge is -2.34. The van der Waals surface area contributed by atoms with Crippen molar-refractivity contribution < 1.29 is 46.5 Å². The average Bonchev–Trinajstić information content (AvgIpc) is 4.04. The third-order valence-electron chi connectivity index (χ3n) is 13.8. The molecule has 4 aromatic rings. The summed E-state index contributed by atoms with van der Waals surface area (Å²) in [5, 5.41) is 7.08. The molecule has 2 N–H and O–H groups in total. The Balaban J connectivity index is 1.22. The molecule has 0 bridgehead atoms. The van der Waals surface area contributed by atoms with Gasteiger partial charge in [0.25, 0.3) is 0 Å². The number of hydrogen-bond donors (Lipinski definition) is 2. The van der Waals surface area contributed by atoms with Crippen LogP contribution in [0.15, 0.2) is 96.0 Å². The van der Waals surface area contributed by atoms with Gasteiger partial charge in [0.15, 0.2) is 23.0 Å². The van der Waals surface area contributed by atoms with Crippen LogP contribution in [0.4, 0.5) is 8.63 Å². The molecule has 13 heteroatoms. The maximum absolute atomic E-state index is 14.8. The van der Waals surface area contributed by atoms with Gasteiger partial charge >= 0.3 is 7.47 Å². The number of nitrogens with one attached hydrogen (secondary N) is 2. The largest absolute Gasteiger partial charge is 0.796 e. The molecule has 0 saturated carbocycles. The summed E-state index contributed by atoms with van der Waals surface area (Å²) in [5.74, 6) is 2.01. The predicted octanol–water partition coefficient (Wildman–Crippen LogP) is 14.4. The van der Waals surface area contributed by atoms with Gasteiger partial charge in [0, 0.05) is 29.0 Å². The Morgan fingerprint density at radius 3 is 1.31 bits per heavy atom. The van der Waals surface area contributed by atoms with Crippen LogP contribution in [-0.4, -0.2) is 52.9 Å². The number of halogens is 2. The second kappa shape index (κ2) is 25.0. The molecular weight excluding hydrogens is 913 g/mol. The van der Waals surface area contributed by atoms with Crippen LogP contribution >= 0.6 is 0 Å². The van der Waals surface area contributed by atoms with E-state index >= 15 is 0 Å². The quantitative estimate of drug-likeness (QED) is 0.0236. The van der Waals surface area contributed by atoms with Crippen LogP contribution in [-0.2, 0) is 9.45 Å². The Labute approximate surface area is 426 Å². The number of fused-ring (bicyclic) bond motifs is 12. The summed E-state index contributed by atoms with van der Waals surface area (Å²) < 4.78 is 74.3. The van der Waals surface area contributed by atoms with Gasteiger partial charge < -0.3 is 43.7 Å². The van der Waals surface area contributed by atoms with E-state index in [1.165, 1.54) is 6.08 Å². The molecule has 4 atom stereocenters. The highest BCUT2D eigenvalue weighted by Gasteiger charge is 2.44. The molecule has 384 valence electrons. The highest BCUT2D eigenvalue weighted by Crippen LogP contribution is 2.59. The average molecular weight is 987 g/mol. The normalized spacial score (nSPS) is 17.9. The first-order valence-electron chi connectivity index (χ1n) is 26.8. The van der Waals surface area contributed by atoms with Gasteiger partial charge in [-0.25, -0.2) is 8.63 Å². The van der Waals surface area contributed by atoms with E-state index in [1.54, 1.807) is 0 Å². The van der Waals surface area contributed by atoms with E-state index in [4.69, 9.17) is 33.1 Å². The number of allylic oxidation sites excluding steroid dienone is 1. The molecule has 0 amide bonds. The number of benzene rings is 4. The molecule has 72 heavy (non-hydrogen) atoms. The summed E-state index contributed by atoms with van der Waals surface area (Å²) in [6.07, 6.45) is 15.8. The molecule has 8 rings (SSSR count). The number of hydrogen-bond acceptors (Lipinski definition) is 10. The minimum atomic E-state index is -3.21. The number of carbonyl (C=O) groups excluding carboxylic acids is 1. The number of carbonyl (C=O) groups is 1. The predicted molar refractivity (Wildman–Crippen MR) is 282 cm³/mol. The molecule has 0 fully saturated rings. The van der Waals surface area contributed by atoms with Crippen LogP contribution < -0.4 is 39.1 Å². The first kappa shape index (κ1) is 52.2. The van der Waals surface area contributed by atoms with Crippen molar-refractivity contribution >= 4 is 13.3 Å². The number of ketones is 1. The summed E-state index contributed by atoms with van der Waals surface area (Å²) in [6, 6.07) is 19.6. The van der Waals surface area contributed by atoms with E-state index in [9.17, 15) is 13.4 Å². The molecule has 4 unspecified atom stereocenters. The van der Waals surface area contributed by atoms with E-state index in [0.717, 1.165) is 122 Å². The van der Waals surface area contributed by atoms with Crippen molar-refractivity contribution in [1.29, 1.82) is 0 Å². The summed E-state index contributed by atoms with van der Waals surface area (Å²) in [6.45, 7) is 15.7. The van der Waals surface area contributed by atoms with Gasteiger partial charge in [-0.3, -0.25) is 4.79 Å². The van der Waals surface area contributed by atoms with Crippen LogP contribution in [0.5, 0.6) is 34.5 Å². The second-order valence-corrected chi connectivity index (χ2v) is 19.1. The molecule has 4 aliphatic rings. The monoisotopic (exact) mass is 987 g/mol. The van der Waals surface area contributed by atoms with Crippen molar-refractivity contribution in [2.24, 2.45) is 0 Å². The molecule has 0 aromatic heterocycles. The van der Waals surface area contributed by atoms with Gasteiger partial charge in [-0.05, 0) is 96.2 Å². The Morgan fingerprint density at radius 2 is 0.889 bits per heavy atom. The van der Waals surface area contributed by atoms with Gasteiger partial charge in [0.2, 0.25) is 17.3 Å². The number of unbranched alkanes of at least 4 members (excludes halogenated alkanes) is 6. The van der Waals surface area contributed by atoms with Gasteiger partial charge in [0.05, 0.1) is 63.1 Å². The lowest BCUT2D eigenvalue weighted by molar-refractivity contribution is -0.111. The fourth-order valence-electron chi connectivity index (χ4n) is 10.1. The van der Waals surface area contributed by atoms with Gasteiger partial charge in [-0.2, -0.15) is 0 Å². The van der Waals surface area contributed by atoms with E-state index < -0.39 is 25.2 Å². The maximum Gasteiger partial charge on any atom is 0.796 e. The van der Waals surface area contributed by atoms with Crippen LogP contribution in [0.25, 0.3) is 22.3 Å². The van der Waals surface area contributed by atoms with Crippen LogP contribution in [0.1, 0.15) is 165 Å². The third kappa shape index (κ3) is 11.2. The highest BCUT2D eigenvalue weighted by atomic mass is 19.2.